The van der Waals surface area contributed by atoms with Crippen molar-refractivity contribution in [2.75, 3.05) is 6.54 Å². The lowest BCUT2D eigenvalue weighted by atomic mass is 10.0. The SMILES string of the molecule is CC1CC(c2cccnc2)N(Cc2cn3cc(Cl)ccc3n2)C1. The van der Waals surface area contributed by atoms with Crippen molar-refractivity contribution >= 4 is 17.2 Å². The zero-order chi connectivity index (χ0) is 15.8. The lowest BCUT2D eigenvalue weighted by molar-refractivity contribution is 0.242. The number of halogens is 1. The third-order valence-corrected chi connectivity index (χ3v) is 4.74. The second-order valence-electron chi connectivity index (χ2n) is 6.42. The van der Waals surface area contributed by atoms with E-state index in [-0.39, 0.29) is 0 Å². The molecule has 4 rings (SSSR count). The van der Waals surface area contributed by atoms with Crippen LogP contribution >= 0.6 is 11.6 Å². The molecule has 0 radical (unpaired) electrons. The number of fused-ring (bicyclic) bond motifs is 1. The molecule has 1 fully saturated rings. The molecule has 0 bridgehead atoms. The predicted molar refractivity (Wildman–Crippen MR) is 91.4 cm³/mol. The minimum Gasteiger partial charge on any atom is -0.305 e. The third-order valence-electron chi connectivity index (χ3n) is 4.51. The van der Waals surface area contributed by atoms with E-state index in [4.69, 9.17) is 16.6 Å². The van der Waals surface area contributed by atoms with Gasteiger partial charge in [0, 0.05) is 43.9 Å². The van der Waals surface area contributed by atoms with Gasteiger partial charge in [0.15, 0.2) is 0 Å². The largest absolute Gasteiger partial charge is 0.305 e. The molecule has 1 aliphatic rings. The maximum Gasteiger partial charge on any atom is 0.137 e. The molecule has 5 heteroatoms. The quantitative estimate of drug-likeness (QED) is 0.730. The van der Waals surface area contributed by atoms with Gasteiger partial charge in [0.05, 0.1) is 10.7 Å². The molecule has 1 saturated heterocycles. The van der Waals surface area contributed by atoms with Gasteiger partial charge in [-0.05, 0) is 36.1 Å². The normalized spacial score (nSPS) is 22.0. The van der Waals surface area contributed by atoms with Gasteiger partial charge >= 0.3 is 0 Å². The number of hydrogen-bond donors (Lipinski definition) is 0. The molecule has 118 valence electrons. The van der Waals surface area contributed by atoms with Crippen LogP contribution in [-0.4, -0.2) is 25.8 Å². The summed E-state index contributed by atoms with van der Waals surface area (Å²) in [4.78, 5) is 11.5. The van der Waals surface area contributed by atoms with Crippen LogP contribution < -0.4 is 0 Å². The lowest BCUT2D eigenvalue weighted by Gasteiger charge is -2.23. The smallest absolute Gasteiger partial charge is 0.137 e. The minimum absolute atomic E-state index is 0.423. The van der Waals surface area contributed by atoms with Crippen molar-refractivity contribution in [2.24, 2.45) is 5.92 Å². The second-order valence-corrected chi connectivity index (χ2v) is 6.85. The average molecular weight is 327 g/mol. The summed E-state index contributed by atoms with van der Waals surface area (Å²) in [5, 5.41) is 0.726. The first-order chi connectivity index (χ1) is 11.2. The molecule has 3 aromatic rings. The maximum atomic E-state index is 6.05. The van der Waals surface area contributed by atoms with Gasteiger partial charge in [0.25, 0.3) is 0 Å². The van der Waals surface area contributed by atoms with Crippen molar-refractivity contribution in [3.05, 3.63) is 65.3 Å². The predicted octanol–water partition coefficient (Wildman–Crippen LogP) is 3.97. The first-order valence-corrected chi connectivity index (χ1v) is 8.34. The van der Waals surface area contributed by atoms with Crippen LogP contribution in [0, 0.1) is 5.92 Å². The highest BCUT2D eigenvalue weighted by atomic mass is 35.5. The summed E-state index contributed by atoms with van der Waals surface area (Å²) in [6.07, 6.45) is 8.96. The van der Waals surface area contributed by atoms with Crippen LogP contribution in [0.15, 0.2) is 49.1 Å². The number of aromatic nitrogens is 3. The summed E-state index contributed by atoms with van der Waals surface area (Å²) < 4.78 is 2.00. The first kappa shape index (κ1) is 14.7. The number of pyridine rings is 2. The summed E-state index contributed by atoms with van der Waals surface area (Å²) in [6.45, 7) is 4.25. The van der Waals surface area contributed by atoms with E-state index in [1.54, 1.807) is 0 Å². The Morgan fingerprint density at radius 1 is 1.26 bits per heavy atom. The van der Waals surface area contributed by atoms with E-state index >= 15 is 0 Å². The van der Waals surface area contributed by atoms with Crippen molar-refractivity contribution in [3.63, 3.8) is 0 Å². The molecule has 0 amide bonds. The fourth-order valence-electron chi connectivity index (χ4n) is 3.53. The van der Waals surface area contributed by atoms with E-state index in [9.17, 15) is 0 Å². The highest BCUT2D eigenvalue weighted by Crippen LogP contribution is 2.35. The molecule has 2 unspecified atom stereocenters. The van der Waals surface area contributed by atoms with Gasteiger partial charge in [0.1, 0.15) is 5.65 Å². The fourth-order valence-corrected chi connectivity index (χ4v) is 3.70. The van der Waals surface area contributed by atoms with Crippen LogP contribution in [0.25, 0.3) is 5.65 Å². The molecule has 4 heterocycles. The summed E-state index contributed by atoms with van der Waals surface area (Å²) in [5.41, 5.74) is 3.31. The van der Waals surface area contributed by atoms with Crippen LogP contribution in [0.2, 0.25) is 5.02 Å². The van der Waals surface area contributed by atoms with Gasteiger partial charge in [-0.1, -0.05) is 24.6 Å². The Balaban J connectivity index is 1.60. The molecule has 1 aliphatic heterocycles. The van der Waals surface area contributed by atoms with E-state index < -0.39 is 0 Å². The molecule has 0 saturated carbocycles. The van der Waals surface area contributed by atoms with E-state index in [1.165, 1.54) is 12.0 Å². The molecule has 4 nitrogen and oxygen atoms in total. The van der Waals surface area contributed by atoms with Gasteiger partial charge in [-0.25, -0.2) is 4.98 Å². The van der Waals surface area contributed by atoms with Gasteiger partial charge in [-0.3, -0.25) is 9.88 Å². The third kappa shape index (κ3) is 2.96. The van der Waals surface area contributed by atoms with Crippen molar-refractivity contribution in [1.29, 1.82) is 0 Å². The minimum atomic E-state index is 0.423. The molecular formula is C18H19ClN4. The molecule has 2 atom stereocenters. The first-order valence-electron chi connectivity index (χ1n) is 7.96. The molecular weight excluding hydrogens is 308 g/mol. The summed E-state index contributed by atoms with van der Waals surface area (Å²) in [6, 6.07) is 8.45. The number of likely N-dealkylation sites (tertiary alicyclic amines) is 1. The topological polar surface area (TPSA) is 33.4 Å². The highest BCUT2D eigenvalue weighted by molar-refractivity contribution is 6.30. The van der Waals surface area contributed by atoms with Gasteiger partial charge in [-0.15, -0.1) is 0 Å². The van der Waals surface area contributed by atoms with Gasteiger partial charge < -0.3 is 4.40 Å². The second kappa shape index (κ2) is 5.95. The lowest BCUT2D eigenvalue weighted by Crippen LogP contribution is -2.23. The number of imidazole rings is 1. The van der Waals surface area contributed by atoms with Crippen LogP contribution in [0.4, 0.5) is 0 Å². The molecule has 0 aliphatic carbocycles. The van der Waals surface area contributed by atoms with E-state index in [0.717, 1.165) is 29.5 Å². The van der Waals surface area contributed by atoms with Crippen LogP contribution in [0.1, 0.15) is 30.6 Å². The molecule has 0 N–H and O–H groups in total. The Bertz CT molecular complexity index is 814. The molecule has 3 aromatic heterocycles. The summed E-state index contributed by atoms with van der Waals surface area (Å²) in [7, 11) is 0. The van der Waals surface area contributed by atoms with Crippen molar-refractivity contribution in [3.8, 4) is 0 Å². The Labute approximate surface area is 140 Å². The van der Waals surface area contributed by atoms with Crippen LogP contribution in [0.5, 0.6) is 0 Å². The Morgan fingerprint density at radius 2 is 2.17 bits per heavy atom. The van der Waals surface area contributed by atoms with E-state index in [2.05, 4.69) is 29.1 Å². The Morgan fingerprint density at radius 3 is 3.00 bits per heavy atom. The van der Waals surface area contributed by atoms with Crippen LogP contribution in [0.3, 0.4) is 0 Å². The van der Waals surface area contributed by atoms with Gasteiger partial charge in [-0.2, -0.15) is 0 Å². The summed E-state index contributed by atoms with van der Waals surface area (Å²) >= 11 is 6.05. The van der Waals surface area contributed by atoms with Crippen molar-refractivity contribution in [1.82, 2.24) is 19.3 Å². The maximum absolute atomic E-state index is 6.05. The molecule has 23 heavy (non-hydrogen) atoms. The van der Waals surface area contributed by atoms with E-state index in [1.807, 2.05) is 41.2 Å². The van der Waals surface area contributed by atoms with Crippen molar-refractivity contribution < 1.29 is 0 Å². The zero-order valence-electron chi connectivity index (χ0n) is 13.1. The highest BCUT2D eigenvalue weighted by Gasteiger charge is 2.31. The Kier molecular flexibility index (Phi) is 3.79. The van der Waals surface area contributed by atoms with E-state index in [0.29, 0.717) is 12.0 Å². The number of nitrogens with zero attached hydrogens (tertiary/aromatic N) is 4. The van der Waals surface area contributed by atoms with Crippen molar-refractivity contribution in [2.45, 2.75) is 25.9 Å². The monoisotopic (exact) mass is 326 g/mol. The zero-order valence-corrected chi connectivity index (χ0v) is 13.8. The van der Waals surface area contributed by atoms with Gasteiger partial charge in [0.2, 0.25) is 0 Å². The average Bonchev–Trinajstić information content (AvgIpc) is 3.10. The van der Waals surface area contributed by atoms with Crippen LogP contribution in [-0.2, 0) is 6.54 Å². The fraction of sp³-hybridized carbons (Fsp3) is 0.333. The summed E-state index contributed by atoms with van der Waals surface area (Å²) in [5.74, 6) is 0.687. The number of rotatable bonds is 3. The Hall–Kier alpha value is -1.91. The standard InChI is InChI=1S/C18H19ClN4/c1-13-7-17(14-3-2-6-20-8-14)22(9-13)11-16-12-23-10-15(19)4-5-18(23)21-16/h2-6,8,10,12-13,17H,7,9,11H2,1H3. The molecule has 0 spiro atoms. The number of hydrogen-bond acceptors (Lipinski definition) is 3. The molecule has 0 aromatic carbocycles.